The Hall–Kier alpha value is -0.440. The Kier molecular flexibility index (Phi) is 6.27. The lowest BCUT2D eigenvalue weighted by Crippen LogP contribution is -2.60. The summed E-state index contributed by atoms with van der Waals surface area (Å²) in [5.41, 5.74) is 0. The molecular weight excluding hydrogens is 320 g/mol. The molecule has 23 heavy (non-hydrogen) atoms. The minimum absolute atomic E-state index is 0.664. The quantitative estimate of drug-likeness (QED) is 0.238. The van der Waals surface area contributed by atoms with E-state index in [1.807, 2.05) is 0 Å². The molecule has 2 heterocycles. The summed E-state index contributed by atoms with van der Waals surface area (Å²) >= 11 is 0. The van der Waals surface area contributed by atoms with Crippen molar-refractivity contribution in [2.75, 3.05) is 13.2 Å². The van der Waals surface area contributed by atoms with Crippen LogP contribution in [0.15, 0.2) is 0 Å². The first-order valence-electron chi connectivity index (χ1n) is 7.08. The SMILES string of the molecule is OC[C@@H](O)[C@H]1OC(O)[C@H](O[C@H]2O[C@H](CO)[C@H](O)[C@H](O)[C@H]2O)[C@H]1O. The van der Waals surface area contributed by atoms with Crippen molar-refractivity contribution >= 4 is 0 Å². The van der Waals surface area contributed by atoms with E-state index < -0.39 is 74.6 Å². The fraction of sp³-hybridized carbons (Fsp3) is 1.00. The molecule has 0 saturated carbocycles. The topological polar surface area (TPSA) is 190 Å². The third-order valence-corrected chi connectivity index (χ3v) is 3.96. The molecule has 0 spiro atoms. The van der Waals surface area contributed by atoms with Gasteiger partial charge in [0, 0.05) is 0 Å². The average Bonchev–Trinajstić information content (AvgIpc) is 2.82. The van der Waals surface area contributed by atoms with Gasteiger partial charge in [0.1, 0.15) is 48.8 Å². The highest BCUT2D eigenvalue weighted by molar-refractivity contribution is 4.94. The van der Waals surface area contributed by atoms with Gasteiger partial charge < -0.3 is 55.1 Å². The van der Waals surface area contributed by atoms with E-state index in [9.17, 15) is 30.6 Å². The van der Waals surface area contributed by atoms with E-state index in [0.29, 0.717) is 0 Å². The van der Waals surface area contributed by atoms with Gasteiger partial charge in [0.2, 0.25) is 0 Å². The van der Waals surface area contributed by atoms with Gasteiger partial charge in [-0.3, -0.25) is 0 Å². The zero-order chi connectivity index (χ0) is 17.3. The van der Waals surface area contributed by atoms with Crippen molar-refractivity contribution < 1.29 is 55.1 Å². The van der Waals surface area contributed by atoms with E-state index in [4.69, 9.17) is 24.4 Å². The standard InChI is InChI=1S/C12H22O11/c13-1-3(15)9-8(19)10(11(20)22-9)23-12-7(18)6(17)5(16)4(2-14)21-12/h3-20H,1-2H2/t3-,4-,5+,6+,7-,8+,9-,10-,11?,12-/m1/s1. The highest BCUT2D eigenvalue weighted by Crippen LogP contribution is 2.29. The van der Waals surface area contributed by atoms with Crippen molar-refractivity contribution in [3.8, 4) is 0 Å². The molecule has 0 bridgehead atoms. The summed E-state index contributed by atoms with van der Waals surface area (Å²) in [5, 5.41) is 76.3. The van der Waals surface area contributed by atoms with E-state index in [1.54, 1.807) is 0 Å². The minimum atomic E-state index is -1.71. The molecule has 0 radical (unpaired) electrons. The van der Waals surface area contributed by atoms with Crippen LogP contribution in [0.4, 0.5) is 0 Å². The fourth-order valence-electron chi connectivity index (χ4n) is 2.58. The predicted molar refractivity (Wildman–Crippen MR) is 68.6 cm³/mol. The molecule has 11 nitrogen and oxygen atoms in total. The Labute approximate surface area is 130 Å². The van der Waals surface area contributed by atoms with Crippen LogP contribution in [0.2, 0.25) is 0 Å². The second-order valence-electron chi connectivity index (χ2n) is 5.53. The van der Waals surface area contributed by atoms with Crippen molar-refractivity contribution in [1.29, 1.82) is 0 Å². The normalized spacial score (nSPS) is 49.3. The van der Waals surface area contributed by atoms with Crippen LogP contribution >= 0.6 is 0 Å². The number of hydrogen-bond acceptors (Lipinski definition) is 11. The zero-order valence-electron chi connectivity index (χ0n) is 12.0. The Balaban J connectivity index is 2.05. The summed E-state index contributed by atoms with van der Waals surface area (Å²) in [4.78, 5) is 0. The Bertz CT molecular complexity index is 380. The van der Waals surface area contributed by atoms with E-state index >= 15 is 0 Å². The van der Waals surface area contributed by atoms with Gasteiger partial charge in [-0.2, -0.15) is 0 Å². The third kappa shape index (κ3) is 3.65. The lowest BCUT2D eigenvalue weighted by atomic mass is 9.99. The largest absolute Gasteiger partial charge is 0.394 e. The van der Waals surface area contributed by atoms with Gasteiger partial charge in [0.15, 0.2) is 12.6 Å². The number of ether oxygens (including phenoxy) is 3. The van der Waals surface area contributed by atoms with Crippen LogP contribution in [0, 0.1) is 0 Å². The van der Waals surface area contributed by atoms with Crippen LogP contribution in [-0.4, -0.2) is 115 Å². The molecule has 0 aromatic rings. The first kappa shape index (κ1) is 18.9. The molecule has 2 fully saturated rings. The van der Waals surface area contributed by atoms with Crippen molar-refractivity contribution in [3.05, 3.63) is 0 Å². The minimum Gasteiger partial charge on any atom is -0.394 e. The van der Waals surface area contributed by atoms with Crippen LogP contribution in [0.5, 0.6) is 0 Å². The number of aliphatic hydroxyl groups is 8. The molecule has 11 heteroatoms. The summed E-state index contributed by atoms with van der Waals surface area (Å²) in [7, 11) is 0. The Morgan fingerprint density at radius 3 is 2.09 bits per heavy atom. The molecule has 0 amide bonds. The maximum atomic E-state index is 10.00. The molecule has 8 N–H and O–H groups in total. The number of aliphatic hydroxyl groups excluding tert-OH is 8. The van der Waals surface area contributed by atoms with E-state index in [-0.39, 0.29) is 0 Å². The number of rotatable bonds is 5. The highest BCUT2D eigenvalue weighted by atomic mass is 16.7. The highest BCUT2D eigenvalue weighted by Gasteiger charge is 2.51. The maximum Gasteiger partial charge on any atom is 0.187 e. The van der Waals surface area contributed by atoms with Crippen LogP contribution < -0.4 is 0 Å². The summed E-state index contributed by atoms with van der Waals surface area (Å²) in [6, 6.07) is 0. The van der Waals surface area contributed by atoms with Gasteiger partial charge in [0.05, 0.1) is 13.2 Å². The third-order valence-electron chi connectivity index (χ3n) is 3.96. The molecule has 2 rings (SSSR count). The Morgan fingerprint density at radius 1 is 0.870 bits per heavy atom. The molecule has 0 aliphatic carbocycles. The molecule has 2 aliphatic rings. The van der Waals surface area contributed by atoms with Gasteiger partial charge in [-0.25, -0.2) is 0 Å². The predicted octanol–water partition coefficient (Wildman–Crippen LogP) is -5.40. The monoisotopic (exact) mass is 342 g/mol. The molecule has 2 aliphatic heterocycles. The molecule has 10 atom stereocenters. The molecule has 136 valence electrons. The van der Waals surface area contributed by atoms with Crippen molar-refractivity contribution in [3.63, 3.8) is 0 Å². The van der Waals surface area contributed by atoms with Gasteiger partial charge in [0.25, 0.3) is 0 Å². The molecular formula is C12H22O11. The van der Waals surface area contributed by atoms with Gasteiger partial charge >= 0.3 is 0 Å². The fourth-order valence-corrected chi connectivity index (χ4v) is 2.58. The summed E-state index contributed by atoms with van der Waals surface area (Å²) in [6.45, 7) is -1.38. The summed E-state index contributed by atoms with van der Waals surface area (Å²) in [6.07, 6.45) is -15.3. The first-order chi connectivity index (χ1) is 10.8. The lowest BCUT2D eigenvalue weighted by molar-refractivity contribution is -0.324. The summed E-state index contributed by atoms with van der Waals surface area (Å²) in [5.74, 6) is 0. The van der Waals surface area contributed by atoms with Crippen molar-refractivity contribution in [2.24, 2.45) is 0 Å². The molecule has 0 aromatic heterocycles. The lowest BCUT2D eigenvalue weighted by Gasteiger charge is -2.40. The second kappa shape index (κ2) is 7.63. The first-order valence-corrected chi connectivity index (χ1v) is 7.08. The second-order valence-corrected chi connectivity index (χ2v) is 5.53. The smallest absolute Gasteiger partial charge is 0.187 e. The summed E-state index contributed by atoms with van der Waals surface area (Å²) < 4.78 is 15.2. The van der Waals surface area contributed by atoms with Crippen LogP contribution in [0.3, 0.4) is 0 Å². The molecule has 0 aromatic carbocycles. The molecule has 2 saturated heterocycles. The zero-order valence-corrected chi connectivity index (χ0v) is 12.0. The van der Waals surface area contributed by atoms with Crippen molar-refractivity contribution in [1.82, 2.24) is 0 Å². The van der Waals surface area contributed by atoms with Crippen LogP contribution in [0.1, 0.15) is 0 Å². The van der Waals surface area contributed by atoms with Gasteiger partial charge in [-0.1, -0.05) is 0 Å². The average molecular weight is 342 g/mol. The van der Waals surface area contributed by atoms with E-state index in [0.717, 1.165) is 0 Å². The Morgan fingerprint density at radius 2 is 1.52 bits per heavy atom. The molecule has 1 unspecified atom stereocenters. The van der Waals surface area contributed by atoms with Crippen molar-refractivity contribution in [2.45, 2.75) is 61.4 Å². The maximum absolute atomic E-state index is 10.00. The van der Waals surface area contributed by atoms with Gasteiger partial charge in [-0.15, -0.1) is 0 Å². The van der Waals surface area contributed by atoms with Crippen LogP contribution in [0.25, 0.3) is 0 Å². The van der Waals surface area contributed by atoms with E-state index in [1.165, 1.54) is 0 Å². The van der Waals surface area contributed by atoms with Crippen LogP contribution in [-0.2, 0) is 14.2 Å². The van der Waals surface area contributed by atoms with Gasteiger partial charge in [-0.05, 0) is 0 Å². The van der Waals surface area contributed by atoms with E-state index in [2.05, 4.69) is 0 Å². The number of hydrogen-bond donors (Lipinski definition) is 8.